The molecule has 0 atom stereocenters. The van der Waals surface area contributed by atoms with Crippen molar-refractivity contribution in [3.05, 3.63) is 58.1 Å². The Kier molecular flexibility index (Phi) is 6.11. The quantitative estimate of drug-likeness (QED) is 0.572. The highest BCUT2D eigenvalue weighted by Gasteiger charge is 2.33. The average Bonchev–Trinajstić information content (AvgIpc) is 3.10. The molecular formula is C16H10Cl2F3N5OS. The molecule has 0 bridgehead atoms. The molecular weight excluding hydrogens is 438 g/mol. The second-order valence-corrected chi connectivity index (χ2v) is 7.17. The molecule has 1 N–H and O–H groups in total. The second kappa shape index (κ2) is 8.38. The number of rotatable bonds is 5. The smallest absolute Gasteiger partial charge is 0.325 e. The number of nitrogens with zero attached hydrogens (tertiary/aromatic N) is 4. The molecule has 0 saturated carbocycles. The largest absolute Gasteiger partial charge is 0.417 e. The van der Waals surface area contributed by atoms with E-state index in [0.717, 1.165) is 23.9 Å². The number of anilines is 1. The lowest BCUT2D eigenvalue weighted by Crippen LogP contribution is -2.15. The molecule has 0 aliphatic rings. The van der Waals surface area contributed by atoms with Crippen molar-refractivity contribution in [2.24, 2.45) is 0 Å². The summed E-state index contributed by atoms with van der Waals surface area (Å²) in [7, 11) is 0. The molecule has 6 nitrogen and oxygen atoms in total. The van der Waals surface area contributed by atoms with Gasteiger partial charge in [0.25, 0.3) is 0 Å². The summed E-state index contributed by atoms with van der Waals surface area (Å²) in [6, 6.07) is 9.89. The first-order valence-corrected chi connectivity index (χ1v) is 9.32. The number of nitrogens with one attached hydrogen (secondary N) is 1. The van der Waals surface area contributed by atoms with Crippen LogP contribution in [0, 0.1) is 0 Å². The summed E-state index contributed by atoms with van der Waals surface area (Å²) < 4.78 is 40.1. The van der Waals surface area contributed by atoms with Gasteiger partial charge in [0, 0.05) is 10.7 Å². The van der Waals surface area contributed by atoms with Gasteiger partial charge in [0.2, 0.25) is 11.1 Å². The SMILES string of the molecule is O=C(CSc1nnnn1-c1ccc(Cl)cc1)Nc1ccc(Cl)c(C(F)(F)F)c1. The molecule has 2 aromatic carbocycles. The van der Waals surface area contributed by atoms with Gasteiger partial charge in [0.1, 0.15) is 0 Å². The van der Waals surface area contributed by atoms with Gasteiger partial charge < -0.3 is 5.32 Å². The van der Waals surface area contributed by atoms with Crippen molar-refractivity contribution in [2.45, 2.75) is 11.3 Å². The second-order valence-electron chi connectivity index (χ2n) is 5.38. The van der Waals surface area contributed by atoms with Crippen molar-refractivity contribution in [1.29, 1.82) is 0 Å². The molecule has 0 spiro atoms. The lowest BCUT2D eigenvalue weighted by molar-refractivity contribution is -0.137. The van der Waals surface area contributed by atoms with E-state index in [4.69, 9.17) is 23.2 Å². The Morgan fingerprint density at radius 3 is 2.54 bits per heavy atom. The summed E-state index contributed by atoms with van der Waals surface area (Å²) in [6.07, 6.45) is -4.62. The zero-order valence-electron chi connectivity index (χ0n) is 13.7. The molecule has 28 heavy (non-hydrogen) atoms. The molecule has 0 unspecified atom stereocenters. The summed E-state index contributed by atoms with van der Waals surface area (Å²) in [4.78, 5) is 12.1. The van der Waals surface area contributed by atoms with E-state index in [1.54, 1.807) is 24.3 Å². The van der Waals surface area contributed by atoms with Crippen molar-refractivity contribution in [1.82, 2.24) is 20.2 Å². The molecule has 0 aliphatic carbocycles. The molecule has 1 amide bonds. The van der Waals surface area contributed by atoms with Gasteiger partial charge in [-0.3, -0.25) is 4.79 Å². The number of aromatic nitrogens is 4. The van der Waals surface area contributed by atoms with E-state index in [2.05, 4.69) is 20.8 Å². The van der Waals surface area contributed by atoms with Crippen LogP contribution in [0.2, 0.25) is 10.0 Å². The number of amides is 1. The minimum Gasteiger partial charge on any atom is -0.325 e. The fourth-order valence-electron chi connectivity index (χ4n) is 2.16. The minimum absolute atomic E-state index is 0.0142. The van der Waals surface area contributed by atoms with Gasteiger partial charge in [-0.1, -0.05) is 35.0 Å². The van der Waals surface area contributed by atoms with Crippen molar-refractivity contribution in [3.63, 3.8) is 0 Å². The van der Waals surface area contributed by atoms with E-state index in [9.17, 15) is 18.0 Å². The van der Waals surface area contributed by atoms with Crippen LogP contribution in [0.15, 0.2) is 47.6 Å². The monoisotopic (exact) mass is 447 g/mol. The Bertz CT molecular complexity index is 995. The fourth-order valence-corrected chi connectivity index (χ4v) is 3.20. The van der Waals surface area contributed by atoms with Crippen molar-refractivity contribution < 1.29 is 18.0 Å². The molecule has 0 fully saturated rings. The van der Waals surface area contributed by atoms with Crippen LogP contribution in [0.3, 0.4) is 0 Å². The molecule has 0 aliphatic heterocycles. The Balaban J connectivity index is 1.66. The Morgan fingerprint density at radius 2 is 1.86 bits per heavy atom. The number of tetrazole rings is 1. The first-order valence-electron chi connectivity index (χ1n) is 7.58. The zero-order chi connectivity index (χ0) is 20.3. The number of hydrogen-bond donors (Lipinski definition) is 1. The van der Waals surface area contributed by atoms with Crippen molar-refractivity contribution in [3.8, 4) is 5.69 Å². The average molecular weight is 448 g/mol. The number of benzene rings is 2. The Hall–Kier alpha value is -2.30. The summed E-state index contributed by atoms with van der Waals surface area (Å²) in [6.45, 7) is 0. The normalized spacial score (nSPS) is 11.5. The molecule has 12 heteroatoms. The van der Waals surface area contributed by atoms with E-state index in [1.807, 2.05) is 0 Å². The first kappa shape index (κ1) is 20.4. The zero-order valence-corrected chi connectivity index (χ0v) is 16.1. The van der Waals surface area contributed by atoms with Crippen LogP contribution in [0.1, 0.15) is 5.56 Å². The van der Waals surface area contributed by atoms with Crippen molar-refractivity contribution in [2.75, 3.05) is 11.1 Å². The number of alkyl halides is 3. The third-order valence-electron chi connectivity index (χ3n) is 3.40. The van der Waals surface area contributed by atoms with Gasteiger partial charge in [0.05, 0.1) is 22.0 Å². The molecule has 0 saturated heterocycles. The predicted molar refractivity (Wildman–Crippen MR) is 100.0 cm³/mol. The van der Waals surface area contributed by atoms with Crippen LogP contribution in [-0.4, -0.2) is 31.9 Å². The highest BCUT2D eigenvalue weighted by molar-refractivity contribution is 7.99. The number of thioether (sulfide) groups is 1. The maximum Gasteiger partial charge on any atom is 0.417 e. The van der Waals surface area contributed by atoms with E-state index in [1.165, 1.54) is 10.7 Å². The predicted octanol–water partition coefficient (Wildman–Crippen LogP) is 4.72. The minimum atomic E-state index is -4.62. The maximum atomic E-state index is 12.9. The van der Waals surface area contributed by atoms with Crippen LogP contribution >= 0.6 is 35.0 Å². The van der Waals surface area contributed by atoms with Gasteiger partial charge in [-0.15, -0.1) is 5.10 Å². The maximum absolute atomic E-state index is 12.9. The topological polar surface area (TPSA) is 72.7 Å². The standard InChI is InChI=1S/C16H10Cl2F3N5OS/c17-9-1-4-11(5-2-9)26-15(23-24-25-26)28-8-14(27)22-10-3-6-13(18)12(7-10)16(19,20)21/h1-7H,8H2,(H,22,27). The number of halogens is 5. The van der Waals surface area contributed by atoms with Crippen LogP contribution in [-0.2, 0) is 11.0 Å². The number of carbonyl (C=O) groups excluding carboxylic acids is 1. The molecule has 3 aromatic rings. The third kappa shape index (κ3) is 4.94. The summed E-state index contributed by atoms with van der Waals surface area (Å²) in [5.74, 6) is -0.635. The van der Waals surface area contributed by atoms with Crippen LogP contribution in [0.5, 0.6) is 0 Å². The molecule has 146 valence electrons. The Labute approximate surface area is 171 Å². The van der Waals surface area contributed by atoms with Gasteiger partial charge in [-0.2, -0.15) is 17.9 Å². The summed E-state index contributed by atoms with van der Waals surface area (Å²) >= 11 is 12.4. The van der Waals surface area contributed by atoms with Crippen molar-refractivity contribution >= 4 is 46.6 Å². The van der Waals surface area contributed by atoms with E-state index in [0.29, 0.717) is 15.9 Å². The number of hydrogen-bond acceptors (Lipinski definition) is 5. The molecule has 0 radical (unpaired) electrons. The van der Waals surface area contributed by atoms with E-state index < -0.39 is 22.7 Å². The highest BCUT2D eigenvalue weighted by atomic mass is 35.5. The van der Waals surface area contributed by atoms with Gasteiger partial charge >= 0.3 is 6.18 Å². The van der Waals surface area contributed by atoms with Crippen LogP contribution in [0.4, 0.5) is 18.9 Å². The van der Waals surface area contributed by atoms with Crippen LogP contribution in [0.25, 0.3) is 5.69 Å². The van der Waals surface area contributed by atoms with E-state index in [-0.39, 0.29) is 11.4 Å². The number of carbonyl (C=O) groups is 1. The van der Waals surface area contributed by atoms with E-state index >= 15 is 0 Å². The van der Waals surface area contributed by atoms with Gasteiger partial charge in [-0.05, 0) is 52.9 Å². The summed E-state index contributed by atoms with van der Waals surface area (Å²) in [5, 5.41) is 14.1. The fraction of sp³-hybridized carbons (Fsp3) is 0.125. The third-order valence-corrected chi connectivity index (χ3v) is 4.90. The summed E-state index contributed by atoms with van der Waals surface area (Å²) in [5.41, 5.74) is -0.393. The highest BCUT2D eigenvalue weighted by Crippen LogP contribution is 2.36. The first-order chi connectivity index (χ1) is 13.2. The molecule has 1 heterocycles. The lowest BCUT2D eigenvalue weighted by Gasteiger charge is -2.11. The van der Waals surface area contributed by atoms with Crippen LogP contribution < -0.4 is 5.32 Å². The Morgan fingerprint density at radius 1 is 1.14 bits per heavy atom. The van der Waals surface area contributed by atoms with Gasteiger partial charge in [0.15, 0.2) is 0 Å². The van der Waals surface area contributed by atoms with Gasteiger partial charge in [-0.25, -0.2) is 0 Å². The molecule has 3 rings (SSSR count). The lowest BCUT2D eigenvalue weighted by atomic mass is 10.2. The molecule has 1 aromatic heterocycles.